The van der Waals surface area contributed by atoms with Crippen molar-refractivity contribution in [2.45, 2.75) is 38.0 Å². The summed E-state index contributed by atoms with van der Waals surface area (Å²) in [6.45, 7) is 3.11. The van der Waals surface area contributed by atoms with Gasteiger partial charge in [-0.25, -0.2) is 23.5 Å². The lowest BCUT2D eigenvalue weighted by Crippen LogP contribution is -2.38. The molecule has 0 bridgehead atoms. The molecule has 0 saturated carbocycles. The molecule has 9 heteroatoms. The lowest BCUT2D eigenvalue weighted by molar-refractivity contribution is 0.476. The highest BCUT2D eigenvalue weighted by atomic mass is 32.2. The quantitative estimate of drug-likeness (QED) is 0.833. The van der Waals surface area contributed by atoms with Gasteiger partial charge in [-0.3, -0.25) is 0 Å². The second-order valence-corrected chi connectivity index (χ2v) is 7.89. The number of aromatic nitrogens is 3. The number of benzene rings is 1. The predicted octanol–water partition coefficient (Wildman–Crippen LogP) is 1.78. The van der Waals surface area contributed by atoms with Crippen LogP contribution >= 0.6 is 0 Å². The fourth-order valence-electron chi connectivity index (χ4n) is 2.98. The topological polar surface area (TPSA) is 114 Å². The molecule has 3 rings (SSSR count). The first kappa shape index (κ1) is 17.6. The van der Waals surface area contributed by atoms with Crippen molar-refractivity contribution in [1.82, 2.24) is 15.0 Å². The van der Waals surface area contributed by atoms with E-state index in [9.17, 15) is 8.42 Å². The van der Waals surface area contributed by atoms with Crippen LogP contribution in [0.2, 0.25) is 0 Å². The smallest absolute Gasteiger partial charge is 0.231 e. The number of hydrogen-bond donors (Lipinski definition) is 2. The zero-order chi connectivity index (χ0) is 17.9. The molecular formula is C16H22N6O2S. The molecule has 2 heterocycles. The Labute approximate surface area is 147 Å². The van der Waals surface area contributed by atoms with Crippen LogP contribution in [0.1, 0.15) is 31.7 Å². The van der Waals surface area contributed by atoms with Crippen molar-refractivity contribution in [3.63, 3.8) is 0 Å². The third-order valence-electron chi connectivity index (χ3n) is 4.17. The zero-order valence-electron chi connectivity index (χ0n) is 14.1. The maximum Gasteiger partial charge on any atom is 0.231 e. The molecule has 1 unspecified atom stereocenters. The van der Waals surface area contributed by atoms with Crippen LogP contribution in [0, 0.1) is 0 Å². The molecule has 0 aliphatic carbocycles. The summed E-state index contributed by atoms with van der Waals surface area (Å²) in [5.74, 6) is 0.872. The van der Waals surface area contributed by atoms with E-state index < -0.39 is 10.0 Å². The highest BCUT2D eigenvalue weighted by molar-refractivity contribution is 7.88. The van der Waals surface area contributed by atoms with Crippen molar-refractivity contribution in [3.05, 3.63) is 36.2 Å². The number of anilines is 3. The number of nitrogens with one attached hydrogen (secondary N) is 1. The van der Waals surface area contributed by atoms with E-state index in [1.807, 2.05) is 6.07 Å². The van der Waals surface area contributed by atoms with Gasteiger partial charge in [0.1, 0.15) is 6.33 Å². The second kappa shape index (κ2) is 7.32. The summed E-state index contributed by atoms with van der Waals surface area (Å²) in [5.41, 5.74) is 1.30. The van der Waals surface area contributed by atoms with Crippen LogP contribution in [0.25, 0.3) is 0 Å². The van der Waals surface area contributed by atoms with Crippen LogP contribution in [-0.4, -0.2) is 36.0 Å². The average molecular weight is 362 g/mol. The molecule has 1 atom stereocenters. The summed E-state index contributed by atoms with van der Waals surface area (Å²) in [6.07, 6.45) is 4.98. The second-order valence-electron chi connectivity index (χ2n) is 6.28. The first-order valence-electron chi connectivity index (χ1n) is 8.23. The van der Waals surface area contributed by atoms with Crippen LogP contribution in [0.5, 0.6) is 0 Å². The number of nitrogens with zero attached hydrogens (tertiary/aromatic N) is 4. The Morgan fingerprint density at radius 1 is 1.32 bits per heavy atom. The molecule has 1 aliphatic rings. The van der Waals surface area contributed by atoms with Gasteiger partial charge in [-0.05, 0) is 43.9 Å². The molecule has 1 fully saturated rings. The van der Waals surface area contributed by atoms with E-state index in [0.717, 1.165) is 19.4 Å². The molecule has 1 aliphatic heterocycles. The largest absolute Gasteiger partial charge is 0.338 e. The summed E-state index contributed by atoms with van der Waals surface area (Å²) >= 11 is 0. The third-order valence-corrected chi connectivity index (χ3v) is 4.91. The fraction of sp³-hybridized carbons (Fsp3) is 0.438. The van der Waals surface area contributed by atoms with Gasteiger partial charge in [0.15, 0.2) is 0 Å². The molecule has 25 heavy (non-hydrogen) atoms. The van der Waals surface area contributed by atoms with Gasteiger partial charge in [-0.15, -0.1) is 0 Å². The lowest BCUT2D eigenvalue weighted by atomic mass is 10.0. The van der Waals surface area contributed by atoms with Gasteiger partial charge in [0, 0.05) is 18.3 Å². The Bertz CT molecular complexity index is 842. The van der Waals surface area contributed by atoms with Crippen molar-refractivity contribution < 1.29 is 8.42 Å². The van der Waals surface area contributed by atoms with Crippen LogP contribution in [0.15, 0.2) is 30.6 Å². The average Bonchev–Trinajstić information content (AvgIpc) is 2.54. The summed E-state index contributed by atoms with van der Waals surface area (Å²) in [5, 5.41) is 8.20. The number of primary sulfonamides is 1. The van der Waals surface area contributed by atoms with Crippen molar-refractivity contribution in [1.29, 1.82) is 0 Å². The fourth-order valence-corrected chi connectivity index (χ4v) is 3.63. The van der Waals surface area contributed by atoms with Crippen molar-refractivity contribution >= 4 is 27.6 Å². The highest BCUT2D eigenvalue weighted by Gasteiger charge is 2.21. The Morgan fingerprint density at radius 3 is 2.92 bits per heavy atom. The molecule has 2 aromatic rings. The summed E-state index contributed by atoms with van der Waals surface area (Å²) in [4.78, 5) is 15.1. The first-order valence-corrected chi connectivity index (χ1v) is 9.94. The molecule has 0 radical (unpaired) electrons. The van der Waals surface area contributed by atoms with Crippen molar-refractivity contribution in [3.8, 4) is 0 Å². The molecule has 0 spiro atoms. The molecule has 1 saturated heterocycles. The number of nitrogens with two attached hydrogens (primary N) is 1. The minimum absolute atomic E-state index is 0.212. The Hall–Kier alpha value is -2.26. The highest BCUT2D eigenvalue weighted by Crippen LogP contribution is 2.22. The van der Waals surface area contributed by atoms with E-state index in [4.69, 9.17) is 5.14 Å². The standard InChI is InChI=1S/C16H22N6O2S/c1-12-5-2-3-8-22(12)16-19-11-18-15(21-16)20-14-7-4-6-13(9-14)10-25(17,23)24/h4,6-7,9,11-12H,2-3,5,8,10H2,1H3,(H2,17,23,24)(H,18,19,20,21). The van der Waals surface area contributed by atoms with Gasteiger partial charge in [0.25, 0.3) is 0 Å². The predicted molar refractivity (Wildman–Crippen MR) is 97.0 cm³/mol. The third kappa shape index (κ3) is 4.86. The Morgan fingerprint density at radius 2 is 2.16 bits per heavy atom. The van der Waals surface area contributed by atoms with Crippen LogP contribution < -0.4 is 15.4 Å². The number of hydrogen-bond acceptors (Lipinski definition) is 7. The maximum absolute atomic E-state index is 11.2. The number of rotatable bonds is 5. The molecule has 1 aromatic carbocycles. The molecule has 8 nitrogen and oxygen atoms in total. The van der Waals surface area contributed by atoms with E-state index in [2.05, 4.69) is 32.1 Å². The van der Waals surface area contributed by atoms with E-state index >= 15 is 0 Å². The number of piperidine rings is 1. The Balaban J connectivity index is 1.77. The van der Waals surface area contributed by atoms with Crippen LogP contribution in [0.4, 0.5) is 17.6 Å². The van der Waals surface area contributed by atoms with E-state index in [1.54, 1.807) is 18.2 Å². The van der Waals surface area contributed by atoms with E-state index in [0.29, 0.717) is 29.2 Å². The number of sulfonamides is 1. The van der Waals surface area contributed by atoms with Gasteiger partial charge in [-0.1, -0.05) is 12.1 Å². The lowest BCUT2D eigenvalue weighted by Gasteiger charge is -2.33. The minimum Gasteiger partial charge on any atom is -0.338 e. The molecule has 0 amide bonds. The van der Waals surface area contributed by atoms with Gasteiger partial charge in [0.2, 0.25) is 21.9 Å². The summed E-state index contributed by atoms with van der Waals surface area (Å²) in [6, 6.07) is 7.42. The van der Waals surface area contributed by atoms with Gasteiger partial charge < -0.3 is 10.2 Å². The first-order chi connectivity index (χ1) is 11.9. The minimum atomic E-state index is -3.57. The van der Waals surface area contributed by atoms with Crippen molar-refractivity contribution in [2.75, 3.05) is 16.8 Å². The zero-order valence-corrected chi connectivity index (χ0v) is 14.9. The normalized spacial score (nSPS) is 18.2. The van der Waals surface area contributed by atoms with Crippen LogP contribution in [0.3, 0.4) is 0 Å². The summed E-state index contributed by atoms with van der Waals surface area (Å²) < 4.78 is 22.5. The van der Waals surface area contributed by atoms with Gasteiger partial charge >= 0.3 is 0 Å². The molecule has 1 aromatic heterocycles. The SMILES string of the molecule is CC1CCCCN1c1ncnc(Nc2cccc(CS(N)(=O)=O)c2)n1. The van der Waals surface area contributed by atoms with E-state index in [-0.39, 0.29) is 5.75 Å². The monoisotopic (exact) mass is 362 g/mol. The Kier molecular flexibility index (Phi) is 5.14. The van der Waals surface area contributed by atoms with Crippen LogP contribution in [-0.2, 0) is 15.8 Å². The molecule has 134 valence electrons. The molecule has 3 N–H and O–H groups in total. The molecular weight excluding hydrogens is 340 g/mol. The van der Waals surface area contributed by atoms with E-state index in [1.165, 1.54) is 12.7 Å². The van der Waals surface area contributed by atoms with Gasteiger partial charge in [0.05, 0.1) is 5.75 Å². The van der Waals surface area contributed by atoms with Gasteiger partial charge in [-0.2, -0.15) is 4.98 Å². The summed E-state index contributed by atoms with van der Waals surface area (Å²) in [7, 11) is -3.57. The van der Waals surface area contributed by atoms with Crippen molar-refractivity contribution in [2.24, 2.45) is 5.14 Å². The maximum atomic E-state index is 11.2.